The third-order valence-corrected chi connectivity index (χ3v) is 4.53. The molecule has 2 aromatic carbocycles. The number of fused-ring (bicyclic) bond motifs is 2. The number of aromatic nitrogens is 1. The smallest absolute Gasteiger partial charge is 0.231 e. The van der Waals surface area contributed by atoms with Crippen molar-refractivity contribution in [2.45, 2.75) is 6.92 Å². The van der Waals surface area contributed by atoms with Crippen molar-refractivity contribution in [3.63, 3.8) is 0 Å². The lowest BCUT2D eigenvalue weighted by atomic mass is 9.99. The summed E-state index contributed by atoms with van der Waals surface area (Å²) in [7, 11) is 0. The zero-order valence-electron chi connectivity index (χ0n) is 13.8. The summed E-state index contributed by atoms with van der Waals surface area (Å²) in [6.07, 6.45) is 1.51. The number of benzene rings is 2. The summed E-state index contributed by atoms with van der Waals surface area (Å²) in [6.45, 7) is 1.92. The number of carbonyl (C=O) groups is 1. The van der Waals surface area contributed by atoms with E-state index >= 15 is 0 Å². The summed E-state index contributed by atoms with van der Waals surface area (Å²) in [5, 5.41) is 10.7. The Balaban J connectivity index is 1.79. The van der Waals surface area contributed by atoms with Gasteiger partial charge in [0.2, 0.25) is 12.6 Å². The lowest BCUT2D eigenvalue weighted by molar-refractivity contribution is 0.104. The van der Waals surface area contributed by atoms with E-state index in [-0.39, 0.29) is 18.1 Å². The van der Waals surface area contributed by atoms with Crippen LogP contribution in [0.15, 0.2) is 42.0 Å². The van der Waals surface area contributed by atoms with Gasteiger partial charge in [-0.3, -0.25) is 4.79 Å². The largest absolute Gasteiger partial charge is 0.454 e. The number of aryl methyl sites for hydroxylation is 1. The quantitative estimate of drug-likeness (QED) is 0.417. The number of ketones is 1. The summed E-state index contributed by atoms with van der Waals surface area (Å²) >= 11 is 6.18. The second-order valence-electron chi connectivity index (χ2n) is 5.91. The minimum absolute atomic E-state index is 0.0211. The molecule has 0 aliphatic carbocycles. The molecule has 1 aromatic heterocycles. The molecule has 1 N–H and O–H groups in total. The van der Waals surface area contributed by atoms with E-state index in [1.807, 2.05) is 37.3 Å². The van der Waals surface area contributed by atoms with E-state index in [4.69, 9.17) is 21.1 Å². The van der Waals surface area contributed by atoms with Crippen molar-refractivity contribution in [3.8, 4) is 17.6 Å². The molecule has 5 nitrogen and oxygen atoms in total. The molecule has 0 unspecified atom stereocenters. The number of nitriles is 1. The molecule has 0 bridgehead atoms. The molecule has 1 aliphatic heterocycles. The monoisotopic (exact) mass is 364 g/mol. The summed E-state index contributed by atoms with van der Waals surface area (Å²) in [4.78, 5) is 16.2. The minimum Gasteiger partial charge on any atom is -0.454 e. The molecule has 0 saturated carbocycles. The van der Waals surface area contributed by atoms with Crippen molar-refractivity contribution >= 4 is 34.4 Å². The molecule has 2 heterocycles. The van der Waals surface area contributed by atoms with E-state index < -0.39 is 0 Å². The number of allylic oxidation sites excluding steroid dienone is 1. The van der Waals surface area contributed by atoms with Gasteiger partial charge < -0.3 is 14.5 Å². The normalized spacial score (nSPS) is 13.0. The van der Waals surface area contributed by atoms with E-state index in [0.717, 1.165) is 16.6 Å². The van der Waals surface area contributed by atoms with Crippen LogP contribution >= 0.6 is 11.6 Å². The highest BCUT2D eigenvalue weighted by Crippen LogP contribution is 2.40. The first-order valence-corrected chi connectivity index (χ1v) is 8.29. The van der Waals surface area contributed by atoms with E-state index in [0.29, 0.717) is 27.6 Å². The Labute approximate surface area is 154 Å². The van der Waals surface area contributed by atoms with Crippen molar-refractivity contribution in [2.75, 3.05) is 6.79 Å². The van der Waals surface area contributed by atoms with Gasteiger partial charge in [-0.2, -0.15) is 5.26 Å². The molecule has 26 heavy (non-hydrogen) atoms. The van der Waals surface area contributed by atoms with Gasteiger partial charge in [-0.25, -0.2) is 0 Å². The van der Waals surface area contributed by atoms with Crippen LogP contribution in [-0.2, 0) is 0 Å². The number of nitrogens with one attached hydrogen (secondary N) is 1. The van der Waals surface area contributed by atoms with Crippen LogP contribution in [-0.4, -0.2) is 17.6 Å². The predicted molar refractivity (Wildman–Crippen MR) is 98.5 cm³/mol. The summed E-state index contributed by atoms with van der Waals surface area (Å²) < 4.78 is 10.6. The minimum atomic E-state index is -0.337. The van der Waals surface area contributed by atoms with Crippen LogP contribution in [0.2, 0.25) is 5.02 Å². The fourth-order valence-electron chi connectivity index (χ4n) is 3.09. The first-order valence-electron chi connectivity index (χ1n) is 7.91. The Kier molecular flexibility index (Phi) is 3.90. The molecule has 6 heteroatoms. The van der Waals surface area contributed by atoms with Gasteiger partial charge in [0.1, 0.15) is 11.6 Å². The van der Waals surface area contributed by atoms with Crippen molar-refractivity contribution < 1.29 is 14.3 Å². The summed E-state index contributed by atoms with van der Waals surface area (Å²) in [6, 6.07) is 12.8. The Hall–Kier alpha value is -3.23. The molecule has 0 atom stereocenters. The van der Waals surface area contributed by atoms with E-state index in [1.54, 1.807) is 12.1 Å². The van der Waals surface area contributed by atoms with Gasteiger partial charge >= 0.3 is 0 Å². The standard InChI is InChI=1S/C20H13ClN2O3/c1-11-18(14-4-2-3-5-16(14)23-11)19(24)13(9-22)6-12-7-15(21)20-17(8-12)25-10-26-20/h2-8,23H,10H2,1H3. The third kappa shape index (κ3) is 2.61. The first-order chi connectivity index (χ1) is 12.6. The zero-order chi connectivity index (χ0) is 18.3. The maximum absolute atomic E-state index is 13.0. The molecule has 1 aliphatic rings. The maximum Gasteiger partial charge on any atom is 0.231 e. The second kappa shape index (κ2) is 6.25. The fraction of sp³-hybridized carbons (Fsp3) is 0.100. The number of carbonyl (C=O) groups excluding carboxylic acids is 1. The fourth-order valence-corrected chi connectivity index (χ4v) is 3.36. The van der Waals surface area contributed by atoms with E-state index in [2.05, 4.69) is 4.98 Å². The van der Waals surface area contributed by atoms with Gasteiger partial charge in [-0.1, -0.05) is 29.8 Å². The Morgan fingerprint density at radius 2 is 2.12 bits per heavy atom. The number of hydrogen-bond donors (Lipinski definition) is 1. The number of Topliss-reactive ketones (excluding diaryl/α,β-unsaturated/α-hetero) is 1. The molecule has 0 amide bonds. The Morgan fingerprint density at radius 3 is 2.92 bits per heavy atom. The number of para-hydroxylation sites is 1. The van der Waals surface area contributed by atoms with Crippen molar-refractivity contribution in [1.82, 2.24) is 4.98 Å². The van der Waals surface area contributed by atoms with Crippen LogP contribution in [0.4, 0.5) is 0 Å². The van der Waals surface area contributed by atoms with Gasteiger partial charge in [0, 0.05) is 16.6 Å². The number of halogens is 1. The summed E-state index contributed by atoms with van der Waals surface area (Å²) in [5.41, 5.74) is 2.70. The van der Waals surface area contributed by atoms with Crippen LogP contribution in [0, 0.1) is 18.3 Å². The van der Waals surface area contributed by atoms with Gasteiger partial charge in [0.15, 0.2) is 11.5 Å². The SMILES string of the molecule is Cc1[nH]c2ccccc2c1C(=O)C(C#N)=Cc1cc(Cl)c2c(c1)OCO2. The molecule has 0 spiro atoms. The predicted octanol–water partition coefficient (Wildman–Crippen LogP) is 4.65. The van der Waals surface area contributed by atoms with Gasteiger partial charge in [0.05, 0.1) is 10.6 Å². The number of nitrogens with zero attached hydrogens (tertiary/aromatic N) is 1. The Morgan fingerprint density at radius 1 is 1.31 bits per heavy atom. The van der Waals surface area contributed by atoms with Gasteiger partial charge in [-0.15, -0.1) is 0 Å². The highest BCUT2D eigenvalue weighted by Gasteiger charge is 2.21. The number of aromatic amines is 1. The van der Waals surface area contributed by atoms with Crippen LogP contribution in [0.3, 0.4) is 0 Å². The van der Waals surface area contributed by atoms with Crippen molar-refractivity contribution in [3.05, 3.63) is 63.8 Å². The van der Waals surface area contributed by atoms with E-state index in [9.17, 15) is 10.1 Å². The van der Waals surface area contributed by atoms with Crippen molar-refractivity contribution in [2.24, 2.45) is 0 Å². The highest BCUT2D eigenvalue weighted by atomic mass is 35.5. The molecule has 0 saturated heterocycles. The summed E-state index contributed by atoms with van der Waals surface area (Å²) in [5.74, 6) is 0.633. The topological polar surface area (TPSA) is 75.1 Å². The number of rotatable bonds is 3. The number of H-pyrrole nitrogens is 1. The van der Waals surface area contributed by atoms with Crippen LogP contribution in [0.5, 0.6) is 11.5 Å². The van der Waals surface area contributed by atoms with Crippen molar-refractivity contribution in [1.29, 1.82) is 5.26 Å². The molecule has 4 rings (SSSR count). The maximum atomic E-state index is 13.0. The molecule has 128 valence electrons. The number of ether oxygens (including phenoxy) is 2. The van der Waals surface area contributed by atoms with Crippen LogP contribution < -0.4 is 9.47 Å². The first kappa shape index (κ1) is 16.2. The highest BCUT2D eigenvalue weighted by molar-refractivity contribution is 6.32. The average Bonchev–Trinajstić information content (AvgIpc) is 3.22. The zero-order valence-corrected chi connectivity index (χ0v) is 14.6. The van der Waals surface area contributed by atoms with Crippen LogP contribution in [0.25, 0.3) is 17.0 Å². The molecule has 0 fully saturated rings. The Bertz CT molecular complexity index is 1120. The lowest BCUT2D eigenvalue weighted by Gasteiger charge is -2.03. The molecular weight excluding hydrogens is 352 g/mol. The van der Waals surface area contributed by atoms with E-state index in [1.165, 1.54) is 6.08 Å². The van der Waals surface area contributed by atoms with Gasteiger partial charge in [-0.05, 0) is 36.8 Å². The second-order valence-corrected chi connectivity index (χ2v) is 6.31. The molecule has 0 radical (unpaired) electrons. The molecular formula is C20H13ClN2O3. The lowest BCUT2D eigenvalue weighted by Crippen LogP contribution is -2.03. The molecule has 3 aromatic rings. The third-order valence-electron chi connectivity index (χ3n) is 4.25. The van der Waals surface area contributed by atoms with Gasteiger partial charge in [0.25, 0.3) is 0 Å². The average molecular weight is 365 g/mol. The number of hydrogen-bond acceptors (Lipinski definition) is 4. The van der Waals surface area contributed by atoms with Crippen LogP contribution in [0.1, 0.15) is 21.6 Å².